The van der Waals surface area contributed by atoms with E-state index in [0.717, 1.165) is 103 Å². The molecule has 0 N–H and O–H groups in total. The lowest BCUT2D eigenvalue weighted by atomic mass is 10.0. The largest absolute Gasteiger partial charge is 0.756 e. The number of carbonyl (C=O) groups is 2. The zero-order valence-electron chi connectivity index (χ0n) is 60.5. The van der Waals surface area contributed by atoms with Crippen LogP contribution in [0.15, 0.2) is 122 Å². The Morgan fingerprint density at radius 3 is 0.870 bits per heavy atom. The molecule has 0 aliphatic heterocycles. The Morgan fingerprint density at radius 1 is 0.337 bits per heavy atom. The molecule has 10 heteroatoms. The van der Waals surface area contributed by atoms with Crippen molar-refractivity contribution in [1.29, 1.82) is 0 Å². The third kappa shape index (κ3) is 75.4. The number of nitrogens with zero attached hydrogens (tertiary/aromatic N) is 1. The number of carbonyl (C=O) groups excluding carboxylic acids is 2. The van der Waals surface area contributed by atoms with Crippen LogP contribution in [0.2, 0.25) is 0 Å². The second-order valence-corrected chi connectivity index (χ2v) is 28.0. The van der Waals surface area contributed by atoms with E-state index in [1.807, 2.05) is 21.1 Å². The number of phosphoric acid groups is 1. The van der Waals surface area contributed by atoms with Gasteiger partial charge in [0.1, 0.15) is 19.8 Å². The normalized spacial score (nSPS) is 13.8. The van der Waals surface area contributed by atoms with Crippen molar-refractivity contribution in [2.24, 2.45) is 0 Å². The summed E-state index contributed by atoms with van der Waals surface area (Å²) in [5.74, 6) is -0.826. The van der Waals surface area contributed by atoms with Crippen LogP contribution >= 0.6 is 7.82 Å². The van der Waals surface area contributed by atoms with Gasteiger partial charge in [-0.05, 0) is 103 Å². The van der Waals surface area contributed by atoms with Crippen molar-refractivity contribution in [1.82, 2.24) is 0 Å². The molecule has 0 radical (unpaired) electrons. The van der Waals surface area contributed by atoms with Crippen LogP contribution in [0.3, 0.4) is 0 Å². The van der Waals surface area contributed by atoms with Gasteiger partial charge >= 0.3 is 11.9 Å². The van der Waals surface area contributed by atoms with Gasteiger partial charge in [-0.25, -0.2) is 0 Å². The lowest BCUT2D eigenvalue weighted by Gasteiger charge is -2.28. The number of hydrogen-bond donors (Lipinski definition) is 0. The maximum Gasteiger partial charge on any atom is 0.306 e. The molecule has 0 rings (SSSR count). The molecule has 2 atom stereocenters. The molecule has 0 saturated carbocycles. The average Bonchev–Trinajstić information content (AvgIpc) is 2.14. The predicted octanol–water partition coefficient (Wildman–Crippen LogP) is 24.8. The fraction of sp³-hybridized carbons (Fsp3) is 0.732. The molecule has 9 nitrogen and oxygen atoms in total. The van der Waals surface area contributed by atoms with Gasteiger partial charge in [0.15, 0.2) is 6.10 Å². The SMILES string of the molecule is CC/C=C\C/C=C\C/C=C\C/C=C\C/C=C\C/C=C\CCCCCCCCCCCCCCC(=O)OC(COC(=O)CCCCCCCCCCCCCCCCCCCCCCCCCC/C=C\C/C=C\C/C=C\C/C=C\CC)COP(=O)([O-])OCC[N+](C)(C)C. The van der Waals surface area contributed by atoms with E-state index in [0.29, 0.717) is 17.4 Å². The maximum atomic E-state index is 12.9. The first-order valence-electron chi connectivity index (χ1n) is 38.2. The van der Waals surface area contributed by atoms with Crippen LogP contribution in [-0.2, 0) is 32.7 Å². The fourth-order valence-corrected chi connectivity index (χ4v) is 11.4. The van der Waals surface area contributed by atoms with E-state index in [4.69, 9.17) is 18.5 Å². The van der Waals surface area contributed by atoms with E-state index in [-0.39, 0.29) is 32.0 Å². The number of hydrogen-bond acceptors (Lipinski definition) is 8. The summed E-state index contributed by atoms with van der Waals surface area (Å²) >= 11 is 0. The number of likely N-dealkylation sites (N-methyl/N-ethyl adjacent to an activating group) is 1. The minimum absolute atomic E-state index is 0.0338. The summed E-state index contributed by atoms with van der Waals surface area (Å²) < 4.78 is 34.4. The van der Waals surface area contributed by atoms with Crippen molar-refractivity contribution in [3.63, 3.8) is 0 Å². The highest BCUT2D eigenvalue weighted by atomic mass is 31.2. The quantitative estimate of drug-likeness (QED) is 0.0195. The molecule has 92 heavy (non-hydrogen) atoms. The van der Waals surface area contributed by atoms with Gasteiger partial charge in [0, 0.05) is 12.8 Å². The molecule has 0 aliphatic carbocycles. The van der Waals surface area contributed by atoms with Gasteiger partial charge < -0.3 is 27.9 Å². The second kappa shape index (κ2) is 71.7. The Bertz CT molecular complexity index is 1970. The molecule has 0 saturated heterocycles. The Hall–Kier alpha value is -3.59. The number of allylic oxidation sites excluding steroid dienone is 20. The van der Waals surface area contributed by atoms with Crippen molar-refractivity contribution >= 4 is 19.8 Å². The zero-order valence-corrected chi connectivity index (χ0v) is 61.4. The predicted molar refractivity (Wildman–Crippen MR) is 397 cm³/mol. The van der Waals surface area contributed by atoms with Gasteiger partial charge in [0.05, 0.1) is 27.7 Å². The van der Waals surface area contributed by atoms with Crippen molar-refractivity contribution < 1.29 is 42.1 Å². The first kappa shape index (κ1) is 88.4. The van der Waals surface area contributed by atoms with Gasteiger partial charge in [-0.1, -0.05) is 341 Å². The number of esters is 2. The van der Waals surface area contributed by atoms with Crippen LogP contribution in [0.25, 0.3) is 0 Å². The third-order valence-corrected chi connectivity index (χ3v) is 17.4. The Balaban J connectivity index is 3.97. The first-order chi connectivity index (χ1) is 45.0. The Morgan fingerprint density at radius 2 is 0.587 bits per heavy atom. The van der Waals surface area contributed by atoms with Crippen LogP contribution in [0.1, 0.15) is 335 Å². The molecule has 0 bridgehead atoms. The van der Waals surface area contributed by atoms with Crippen molar-refractivity contribution in [3.05, 3.63) is 122 Å². The summed E-state index contributed by atoms with van der Waals surface area (Å²) in [4.78, 5) is 38.2. The standard InChI is InChI=1S/C82H144NO8P/c1-6-8-10-12-14-16-18-20-22-24-26-28-30-32-34-36-38-39-40-41-42-43-45-46-48-50-52-54-56-58-60-62-64-66-68-70-72-74-81(84)88-78-80(79-90-92(86,87)89-77-76-83(3,4)5)91-82(85)75-73-71-69-67-65-63-61-59-57-55-53-51-49-47-44-37-35-33-31-29-27-25-23-21-19-17-15-13-11-9-7-2/h8-11,14-17,20-23,26-29,33,35,44,47,80H,6-7,12-13,18-19,24-25,30-32,34,36-43,45-46,48-79H2,1-5H3/b10-8-,11-9-,16-14-,17-15-,22-20-,23-21-,28-26-,29-27-,35-33-,47-44-. The smallest absolute Gasteiger partial charge is 0.306 e. The highest BCUT2D eigenvalue weighted by molar-refractivity contribution is 7.45. The highest BCUT2D eigenvalue weighted by Gasteiger charge is 2.22. The number of rotatable bonds is 70. The van der Waals surface area contributed by atoms with Crippen LogP contribution in [0.5, 0.6) is 0 Å². The molecular formula is C82H144NO8P. The van der Waals surface area contributed by atoms with E-state index in [1.54, 1.807) is 0 Å². The summed E-state index contributed by atoms with van der Waals surface area (Å²) in [7, 11) is 1.17. The monoisotopic (exact) mass is 1300 g/mol. The van der Waals surface area contributed by atoms with E-state index >= 15 is 0 Å². The van der Waals surface area contributed by atoms with Gasteiger partial charge in [0.2, 0.25) is 0 Å². The second-order valence-electron chi connectivity index (χ2n) is 26.6. The van der Waals surface area contributed by atoms with Crippen LogP contribution < -0.4 is 4.89 Å². The minimum atomic E-state index is -4.65. The van der Waals surface area contributed by atoms with Gasteiger partial charge in [0.25, 0.3) is 7.82 Å². The summed E-state index contributed by atoms with van der Waals surface area (Å²) in [6, 6.07) is 0. The molecule has 0 aliphatic rings. The van der Waals surface area contributed by atoms with Crippen LogP contribution in [0.4, 0.5) is 0 Å². The van der Waals surface area contributed by atoms with Gasteiger partial charge in [-0.15, -0.1) is 0 Å². The molecule has 0 amide bonds. The topological polar surface area (TPSA) is 111 Å². The minimum Gasteiger partial charge on any atom is -0.756 e. The first-order valence-corrected chi connectivity index (χ1v) is 39.7. The van der Waals surface area contributed by atoms with Crippen LogP contribution in [0, 0.1) is 0 Å². The number of quaternary nitrogens is 1. The zero-order chi connectivity index (χ0) is 66.9. The molecule has 0 aromatic rings. The van der Waals surface area contributed by atoms with E-state index in [2.05, 4.69) is 135 Å². The Kier molecular flexibility index (Phi) is 68.9. The summed E-state index contributed by atoms with van der Waals surface area (Å²) in [6.45, 7) is 4.05. The number of ether oxygens (including phenoxy) is 2. The van der Waals surface area contributed by atoms with Gasteiger partial charge in [-0.2, -0.15) is 0 Å². The Labute approximate surface area is 568 Å². The van der Waals surface area contributed by atoms with Gasteiger partial charge in [-0.3, -0.25) is 14.2 Å². The van der Waals surface area contributed by atoms with Crippen molar-refractivity contribution in [3.8, 4) is 0 Å². The number of phosphoric ester groups is 1. The molecule has 2 unspecified atom stereocenters. The van der Waals surface area contributed by atoms with Crippen molar-refractivity contribution in [2.75, 3.05) is 47.5 Å². The molecular weight excluding hydrogens is 1160 g/mol. The third-order valence-electron chi connectivity index (χ3n) is 16.5. The lowest BCUT2D eigenvalue weighted by Crippen LogP contribution is -2.37. The fourth-order valence-electron chi connectivity index (χ4n) is 10.7. The molecule has 0 spiro atoms. The molecule has 0 fully saturated rings. The summed E-state index contributed by atoms with van der Waals surface area (Å²) in [5.41, 5.74) is 0. The molecule has 530 valence electrons. The maximum absolute atomic E-state index is 12.9. The number of unbranched alkanes of at least 4 members (excludes halogenated alkanes) is 36. The molecule has 0 heterocycles. The van der Waals surface area contributed by atoms with Crippen LogP contribution in [-0.4, -0.2) is 70.0 Å². The average molecular weight is 1300 g/mol. The van der Waals surface area contributed by atoms with E-state index < -0.39 is 26.5 Å². The molecule has 0 aromatic heterocycles. The van der Waals surface area contributed by atoms with Crippen molar-refractivity contribution in [2.45, 2.75) is 341 Å². The molecule has 0 aromatic carbocycles. The van der Waals surface area contributed by atoms with E-state index in [1.165, 1.54) is 199 Å². The van der Waals surface area contributed by atoms with E-state index in [9.17, 15) is 19.0 Å². The summed E-state index contributed by atoms with van der Waals surface area (Å²) in [6.07, 6.45) is 103. The highest BCUT2D eigenvalue weighted by Crippen LogP contribution is 2.38. The lowest BCUT2D eigenvalue weighted by molar-refractivity contribution is -0.870. The summed E-state index contributed by atoms with van der Waals surface area (Å²) in [5, 5.41) is 0.